The first-order chi connectivity index (χ1) is 5.91. The first kappa shape index (κ1) is 11.3. The quantitative estimate of drug-likeness (QED) is 0.421. The number of aliphatic carboxylic acids is 2. The van der Waals surface area contributed by atoms with E-state index in [1.54, 1.807) is 6.07 Å². The molecule has 1 aliphatic rings. The molecule has 13 heavy (non-hydrogen) atoms. The highest BCUT2D eigenvalue weighted by atomic mass is 19.1. The molecule has 0 bridgehead atoms. The van der Waals surface area contributed by atoms with Crippen molar-refractivity contribution in [1.82, 2.24) is 5.32 Å². The topological polar surface area (TPSA) is 110 Å². The summed E-state index contributed by atoms with van der Waals surface area (Å²) in [6.45, 7) is 0.396. The van der Waals surface area contributed by atoms with Crippen molar-refractivity contribution in [1.29, 1.82) is 5.26 Å². The van der Waals surface area contributed by atoms with Crippen LogP contribution in [0.25, 0.3) is 0 Å². The maximum atomic E-state index is 12.2. The zero-order valence-corrected chi connectivity index (χ0v) is 6.45. The molecule has 6 nitrogen and oxygen atoms in total. The zero-order valence-electron chi connectivity index (χ0n) is 6.45. The number of nitrogens with zero attached hydrogens (tertiary/aromatic N) is 1. The van der Waals surface area contributed by atoms with Crippen LogP contribution in [0.15, 0.2) is 0 Å². The summed E-state index contributed by atoms with van der Waals surface area (Å²) in [5, 5.41) is 25.4. The Morgan fingerprint density at radius 2 is 1.77 bits per heavy atom. The maximum Gasteiger partial charge on any atom is 0.414 e. The third-order valence-electron chi connectivity index (χ3n) is 1.19. The minimum absolute atomic E-state index is 0.198. The number of rotatable bonds is 0. The van der Waals surface area contributed by atoms with E-state index in [0.29, 0.717) is 0 Å². The lowest BCUT2D eigenvalue weighted by Gasteiger charge is -2.27. The molecular formula is C6H7FN2O4. The zero-order chi connectivity index (χ0) is 10.5. The van der Waals surface area contributed by atoms with Gasteiger partial charge in [-0.3, -0.25) is 0 Å². The molecule has 1 saturated heterocycles. The monoisotopic (exact) mass is 190 g/mol. The highest BCUT2D eigenvalue weighted by molar-refractivity contribution is 6.27. The standard InChI is InChI=1S/C4H5FN2.C2H2O4/c5-4(1-6)2-7-3-4;3-1(4)2(5)6/h7H,2-3H2;(H,3,4)(H,5,6). The molecule has 1 rings (SSSR count). The van der Waals surface area contributed by atoms with Crippen molar-refractivity contribution in [3.8, 4) is 6.07 Å². The minimum Gasteiger partial charge on any atom is -0.473 e. The van der Waals surface area contributed by atoms with Gasteiger partial charge in [0.25, 0.3) is 0 Å². The van der Waals surface area contributed by atoms with Gasteiger partial charge >= 0.3 is 11.9 Å². The van der Waals surface area contributed by atoms with Gasteiger partial charge < -0.3 is 15.5 Å². The third-order valence-corrected chi connectivity index (χ3v) is 1.19. The molecule has 0 aromatic carbocycles. The molecule has 0 spiro atoms. The Hall–Kier alpha value is -1.68. The van der Waals surface area contributed by atoms with E-state index in [2.05, 4.69) is 5.32 Å². The fourth-order valence-corrected chi connectivity index (χ4v) is 0.424. The van der Waals surface area contributed by atoms with Crippen LogP contribution in [0.4, 0.5) is 4.39 Å². The van der Waals surface area contributed by atoms with Crippen molar-refractivity contribution in [3.05, 3.63) is 0 Å². The average Bonchev–Trinajstić information content (AvgIpc) is 2.01. The summed E-state index contributed by atoms with van der Waals surface area (Å²) in [6, 6.07) is 1.55. The van der Waals surface area contributed by atoms with Crippen LogP contribution >= 0.6 is 0 Å². The van der Waals surface area contributed by atoms with Crippen LogP contribution in [0.5, 0.6) is 0 Å². The first-order valence-corrected chi connectivity index (χ1v) is 3.18. The molecule has 0 amide bonds. The lowest BCUT2D eigenvalue weighted by Crippen LogP contribution is -2.55. The molecule has 1 fully saturated rings. The van der Waals surface area contributed by atoms with Crippen LogP contribution in [0, 0.1) is 11.3 Å². The number of carboxylic acid groups (broad SMARTS) is 2. The Balaban J connectivity index is 0.000000226. The predicted octanol–water partition coefficient (Wildman–Crippen LogP) is -1.02. The van der Waals surface area contributed by atoms with Crippen LogP contribution in [0.2, 0.25) is 0 Å². The van der Waals surface area contributed by atoms with E-state index in [4.69, 9.17) is 25.1 Å². The molecule has 7 heteroatoms. The van der Waals surface area contributed by atoms with Gasteiger partial charge in [0.2, 0.25) is 5.67 Å². The van der Waals surface area contributed by atoms with Gasteiger partial charge in [-0.25, -0.2) is 14.0 Å². The molecule has 0 unspecified atom stereocenters. The van der Waals surface area contributed by atoms with Crippen molar-refractivity contribution in [2.75, 3.05) is 13.1 Å². The molecule has 72 valence electrons. The molecule has 1 aliphatic heterocycles. The molecule has 0 saturated carbocycles. The van der Waals surface area contributed by atoms with Crippen molar-refractivity contribution < 1.29 is 24.2 Å². The van der Waals surface area contributed by atoms with E-state index in [0.717, 1.165) is 0 Å². The van der Waals surface area contributed by atoms with Crippen LogP contribution in [-0.2, 0) is 9.59 Å². The number of halogens is 1. The maximum absolute atomic E-state index is 12.2. The van der Waals surface area contributed by atoms with Crippen LogP contribution in [0.1, 0.15) is 0 Å². The minimum atomic E-state index is -1.82. The Morgan fingerprint density at radius 3 is 1.77 bits per heavy atom. The smallest absolute Gasteiger partial charge is 0.414 e. The average molecular weight is 190 g/mol. The summed E-state index contributed by atoms with van der Waals surface area (Å²) in [7, 11) is 0. The van der Waals surface area contributed by atoms with Crippen LogP contribution in [-0.4, -0.2) is 40.9 Å². The fourth-order valence-electron chi connectivity index (χ4n) is 0.424. The number of alkyl halides is 1. The van der Waals surface area contributed by atoms with E-state index in [-0.39, 0.29) is 13.1 Å². The van der Waals surface area contributed by atoms with E-state index in [9.17, 15) is 4.39 Å². The molecule has 0 aliphatic carbocycles. The van der Waals surface area contributed by atoms with Gasteiger partial charge in [-0.2, -0.15) is 5.26 Å². The highest BCUT2D eigenvalue weighted by Gasteiger charge is 2.36. The second kappa shape index (κ2) is 4.37. The lowest BCUT2D eigenvalue weighted by atomic mass is 10.0. The number of hydrogen-bond donors (Lipinski definition) is 3. The van der Waals surface area contributed by atoms with Crippen LogP contribution in [0.3, 0.4) is 0 Å². The van der Waals surface area contributed by atoms with Crippen molar-refractivity contribution >= 4 is 11.9 Å². The Bertz CT molecular complexity index is 244. The highest BCUT2D eigenvalue weighted by Crippen LogP contribution is 2.13. The second-order valence-electron chi connectivity index (χ2n) is 2.29. The van der Waals surface area contributed by atoms with Gasteiger partial charge in [0, 0.05) is 13.1 Å². The third kappa shape index (κ3) is 4.03. The van der Waals surface area contributed by atoms with Crippen molar-refractivity contribution in [3.63, 3.8) is 0 Å². The number of hydrogen-bond acceptors (Lipinski definition) is 4. The molecule has 1 heterocycles. The Kier molecular flexibility index (Phi) is 3.81. The predicted molar refractivity (Wildman–Crippen MR) is 37.6 cm³/mol. The summed E-state index contributed by atoms with van der Waals surface area (Å²) >= 11 is 0. The lowest BCUT2D eigenvalue weighted by molar-refractivity contribution is -0.159. The molecule has 0 atom stereocenters. The number of nitriles is 1. The molecule has 3 N–H and O–H groups in total. The van der Waals surface area contributed by atoms with Gasteiger partial charge in [0.15, 0.2) is 0 Å². The number of nitrogens with one attached hydrogen (secondary N) is 1. The largest absolute Gasteiger partial charge is 0.473 e. The van der Waals surface area contributed by atoms with Gasteiger partial charge in [-0.15, -0.1) is 0 Å². The Morgan fingerprint density at radius 1 is 1.38 bits per heavy atom. The fraction of sp³-hybridized carbons (Fsp3) is 0.500. The molecule has 0 radical (unpaired) electrons. The summed E-state index contributed by atoms with van der Waals surface area (Å²) < 4.78 is 12.2. The van der Waals surface area contributed by atoms with Crippen molar-refractivity contribution in [2.45, 2.75) is 5.67 Å². The van der Waals surface area contributed by atoms with E-state index in [1.807, 2.05) is 0 Å². The molecular weight excluding hydrogens is 183 g/mol. The first-order valence-electron chi connectivity index (χ1n) is 3.18. The van der Waals surface area contributed by atoms with E-state index in [1.165, 1.54) is 0 Å². The van der Waals surface area contributed by atoms with Crippen LogP contribution < -0.4 is 5.32 Å². The van der Waals surface area contributed by atoms with Gasteiger partial charge in [-0.1, -0.05) is 0 Å². The SMILES string of the molecule is N#CC1(F)CNC1.O=C(O)C(=O)O. The summed E-state index contributed by atoms with van der Waals surface area (Å²) in [5.74, 6) is -3.65. The number of carboxylic acids is 2. The van der Waals surface area contributed by atoms with E-state index >= 15 is 0 Å². The summed E-state index contributed by atoms with van der Waals surface area (Å²) in [5.41, 5.74) is -1.54. The molecule has 0 aromatic heterocycles. The summed E-state index contributed by atoms with van der Waals surface area (Å²) in [4.78, 5) is 18.2. The number of carbonyl (C=O) groups is 2. The van der Waals surface area contributed by atoms with E-state index < -0.39 is 17.6 Å². The van der Waals surface area contributed by atoms with Gasteiger partial charge in [0.05, 0.1) is 0 Å². The second-order valence-corrected chi connectivity index (χ2v) is 2.29. The van der Waals surface area contributed by atoms with Gasteiger partial charge in [-0.05, 0) is 0 Å². The van der Waals surface area contributed by atoms with Crippen molar-refractivity contribution in [2.24, 2.45) is 0 Å². The van der Waals surface area contributed by atoms with Gasteiger partial charge in [0.1, 0.15) is 6.07 Å². The summed E-state index contributed by atoms with van der Waals surface area (Å²) in [6.07, 6.45) is 0. The molecule has 0 aromatic rings. The normalized spacial score (nSPS) is 16.9. The Labute approximate surface area is 72.6 Å².